The molecule has 0 aliphatic heterocycles. The SMILES string of the molecule is c1ccc(-c2cccc(-c3nc(-c4ccc5ccccc5c4)nc(-c4cc5ccc(-c6ccccc6)cc5c5oc6ccccc6c45)n3)c2)cc1. The molecule has 0 saturated carbocycles. The van der Waals surface area contributed by atoms with Gasteiger partial charge < -0.3 is 4.42 Å². The summed E-state index contributed by atoms with van der Waals surface area (Å²) in [5.41, 5.74) is 8.94. The van der Waals surface area contributed by atoms with Crippen LogP contribution >= 0.6 is 0 Å². The molecule has 0 N–H and O–H groups in total. The lowest BCUT2D eigenvalue weighted by Gasteiger charge is -2.12. The van der Waals surface area contributed by atoms with E-state index in [0.29, 0.717) is 17.5 Å². The van der Waals surface area contributed by atoms with E-state index >= 15 is 0 Å². The first-order valence-corrected chi connectivity index (χ1v) is 17.1. The molecular weight excluding hydrogens is 623 g/mol. The lowest BCUT2D eigenvalue weighted by molar-refractivity contribution is 0.672. The number of hydrogen-bond acceptors (Lipinski definition) is 4. The Bertz CT molecular complexity index is 2910. The normalized spacial score (nSPS) is 11.5. The van der Waals surface area contributed by atoms with Crippen molar-refractivity contribution in [3.05, 3.63) is 176 Å². The van der Waals surface area contributed by atoms with Crippen LogP contribution in [0.5, 0.6) is 0 Å². The second-order valence-corrected chi connectivity index (χ2v) is 12.8. The summed E-state index contributed by atoms with van der Waals surface area (Å²) in [5.74, 6) is 1.83. The van der Waals surface area contributed by atoms with Gasteiger partial charge in [0, 0.05) is 32.8 Å². The Morgan fingerprint density at radius 3 is 1.69 bits per heavy atom. The minimum absolute atomic E-state index is 0.596. The van der Waals surface area contributed by atoms with E-state index < -0.39 is 0 Å². The van der Waals surface area contributed by atoms with Crippen molar-refractivity contribution < 1.29 is 4.42 Å². The zero-order valence-electron chi connectivity index (χ0n) is 27.5. The summed E-state index contributed by atoms with van der Waals surface area (Å²) in [4.78, 5) is 15.6. The van der Waals surface area contributed by atoms with Crippen molar-refractivity contribution in [2.45, 2.75) is 0 Å². The highest BCUT2D eigenvalue weighted by atomic mass is 16.3. The molecule has 10 aromatic rings. The summed E-state index contributed by atoms with van der Waals surface area (Å²) in [6, 6.07) is 61.0. The predicted octanol–water partition coefficient (Wildman–Crippen LogP) is 12.4. The van der Waals surface area contributed by atoms with Gasteiger partial charge in [-0.3, -0.25) is 0 Å². The molecule has 10 rings (SSSR count). The highest BCUT2D eigenvalue weighted by Crippen LogP contribution is 2.42. The van der Waals surface area contributed by atoms with Gasteiger partial charge in [-0.25, -0.2) is 15.0 Å². The molecular formula is C47H29N3O. The van der Waals surface area contributed by atoms with Crippen LogP contribution in [0.3, 0.4) is 0 Å². The van der Waals surface area contributed by atoms with Crippen molar-refractivity contribution in [1.29, 1.82) is 0 Å². The maximum absolute atomic E-state index is 6.69. The first-order chi connectivity index (χ1) is 25.2. The van der Waals surface area contributed by atoms with Crippen LogP contribution in [0.1, 0.15) is 0 Å². The number of furan rings is 1. The summed E-state index contributed by atoms with van der Waals surface area (Å²) < 4.78 is 6.69. The van der Waals surface area contributed by atoms with Crippen molar-refractivity contribution in [1.82, 2.24) is 15.0 Å². The molecule has 2 aromatic heterocycles. The minimum atomic E-state index is 0.596. The Morgan fingerprint density at radius 2 is 0.902 bits per heavy atom. The number of fused-ring (bicyclic) bond motifs is 6. The number of para-hydroxylation sites is 1. The second-order valence-electron chi connectivity index (χ2n) is 12.8. The lowest BCUT2D eigenvalue weighted by atomic mass is 9.96. The van der Waals surface area contributed by atoms with Gasteiger partial charge in [-0.2, -0.15) is 0 Å². The summed E-state index contributed by atoms with van der Waals surface area (Å²) in [6.07, 6.45) is 0. The van der Waals surface area contributed by atoms with Crippen molar-refractivity contribution in [2.75, 3.05) is 0 Å². The van der Waals surface area contributed by atoms with E-state index in [9.17, 15) is 0 Å². The van der Waals surface area contributed by atoms with Crippen molar-refractivity contribution in [3.63, 3.8) is 0 Å². The third-order valence-electron chi connectivity index (χ3n) is 9.68. The molecule has 8 aromatic carbocycles. The average Bonchev–Trinajstić information content (AvgIpc) is 3.61. The van der Waals surface area contributed by atoms with Crippen molar-refractivity contribution in [3.8, 4) is 56.4 Å². The number of nitrogens with zero attached hydrogens (tertiary/aromatic N) is 3. The van der Waals surface area contributed by atoms with Gasteiger partial charge >= 0.3 is 0 Å². The molecule has 4 heteroatoms. The fourth-order valence-corrected chi connectivity index (χ4v) is 7.15. The van der Waals surface area contributed by atoms with Crippen molar-refractivity contribution in [2.24, 2.45) is 0 Å². The standard InChI is InChI=1S/C47H29N3O/c1-3-12-30(13-4-1)34-18-11-19-37(26-34)45-48-46(38-25-22-32-16-7-8-17-33(32)27-38)50-47(49-45)41-29-36-24-23-35(31-14-5-2-6-15-31)28-40(36)44-43(41)39-20-9-10-21-42(39)51-44/h1-29H. The molecule has 4 nitrogen and oxygen atoms in total. The molecule has 51 heavy (non-hydrogen) atoms. The second kappa shape index (κ2) is 11.9. The summed E-state index contributed by atoms with van der Waals surface area (Å²) in [7, 11) is 0. The Kier molecular flexibility index (Phi) is 6.78. The molecule has 0 amide bonds. The van der Waals surface area contributed by atoms with Gasteiger partial charge in [-0.15, -0.1) is 0 Å². The van der Waals surface area contributed by atoms with Gasteiger partial charge in [0.1, 0.15) is 11.2 Å². The zero-order valence-corrected chi connectivity index (χ0v) is 27.5. The van der Waals surface area contributed by atoms with Crippen LogP contribution < -0.4 is 0 Å². The number of aromatic nitrogens is 3. The quantitative estimate of drug-likeness (QED) is 0.186. The first-order valence-electron chi connectivity index (χ1n) is 17.1. The molecule has 0 unspecified atom stereocenters. The van der Waals surface area contributed by atoms with Gasteiger partial charge in [0.05, 0.1) is 0 Å². The highest BCUT2D eigenvalue weighted by Gasteiger charge is 2.21. The third kappa shape index (κ3) is 5.13. The summed E-state index contributed by atoms with van der Waals surface area (Å²) >= 11 is 0. The van der Waals surface area contributed by atoms with Crippen LogP contribution in [0.25, 0.3) is 99.9 Å². The molecule has 0 aliphatic carbocycles. The topological polar surface area (TPSA) is 51.8 Å². The first kappa shape index (κ1) is 29.0. The van der Waals surface area contributed by atoms with Gasteiger partial charge in [0.15, 0.2) is 17.5 Å². The Hall–Kier alpha value is -6.91. The summed E-state index contributed by atoms with van der Waals surface area (Å²) in [5, 5.41) is 6.41. The number of rotatable bonds is 5. The van der Waals surface area contributed by atoms with Gasteiger partial charge in [-0.1, -0.05) is 146 Å². The molecule has 0 radical (unpaired) electrons. The smallest absolute Gasteiger partial charge is 0.164 e. The van der Waals surface area contributed by atoms with Gasteiger partial charge in [-0.05, 0) is 68.7 Å². The Morgan fingerprint density at radius 1 is 0.333 bits per heavy atom. The lowest BCUT2D eigenvalue weighted by Crippen LogP contribution is -2.01. The molecule has 0 atom stereocenters. The summed E-state index contributed by atoms with van der Waals surface area (Å²) in [6.45, 7) is 0. The van der Waals surface area contributed by atoms with E-state index in [-0.39, 0.29) is 0 Å². The Labute approximate surface area is 294 Å². The molecule has 0 saturated heterocycles. The highest BCUT2D eigenvalue weighted by molar-refractivity contribution is 6.21. The fourth-order valence-electron chi connectivity index (χ4n) is 7.15. The molecule has 0 fully saturated rings. The van der Waals surface area contributed by atoms with Crippen LogP contribution in [-0.4, -0.2) is 15.0 Å². The number of hydrogen-bond donors (Lipinski definition) is 0. The molecule has 0 spiro atoms. The van der Waals surface area contributed by atoms with E-state index in [1.165, 1.54) is 5.39 Å². The van der Waals surface area contributed by atoms with E-state index in [1.54, 1.807) is 0 Å². The van der Waals surface area contributed by atoms with Gasteiger partial charge in [0.25, 0.3) is 0 Å². The number of benzene rings is 8. The molecule has 238 valence electrons. The maximum atomic E-state index is 6.69. The van der Waals surface area contributed by atoms with Crippen LogP contribution in [0.4, 0.5) is 0 Å². The van der Waals surface area contributed by atoms with E-state index in [1.807, 2.05) is 24.3 Å². The van der Waals surface area contributed by atoms with Crippen LogP contribution in [0.15, 0.2) is 180 Å². The van der Waals surface area contributed by atoms with Gasteiger partial charge in [0.2, 0.25) is 0 Å². The minimum Gasteiger partial charge on any atom is -0.455 e. The van der Waals surface area contributed by atoms with Crippen molar-refractivity contribution >= 4 is 43.5 Å². The van der Waals surface area contributed by atoms with Crippen LogP contribution in [0, 0.1) is 0 Å². The van der Waals surface area contributed by atoms with Crippen LogP contribution in [0.2, 0.25) is 0 Å². The zero-order chi connectivity index (χ0) is 33.7. The Balaban J connectivity index is 1.24. The average molecular weight is 652 g/mol. The molecule has 0 bridgehead atoms. The maximum Gasteiger partial charge on any atom is 0.164 e. The van der Waals surface area contributed by atoms with E-state index in [4.69, 9.17) is 19.4 Å². The largest absolute Gasteiger partial charge is 0.455 e. The van der Waals surface area contributed by atoms with E-state index in [0.717, 1.165) is 77.0 Å². The predicted molar refractivity (Wildman–Crippen MR) is 209 cm³/mol. The van der Waals surface area contributed by atoms with Crippen LogP contribution in [-0.2, 0) is 0 Å². The van der Waals surface area contributed by atoms with E-state index in [2.05, 4.69) is 152 Å². The third-order valence-corrected chi connectivity index (χ3v) is 9.68. The molecule has 0 aliphatic rings. The fraction of sp³-hybridized carbons (Fsp3) is 0. The monoisotopic (exact) mass is 651 g/mol. The molecule has 2 heterocycles.